The normalized spacial score (nSPS) is 13.7. The molecule has 1 aromatic heterocycles. The second-order valence-corrected chi connectivity index (χ2v) is 4.07. The molecular weight excluding hydrogens is 160 g/mol. The summed E-state index contributed by atoms with van der Waals surface area (Å²) < 4.78 is 2.01. The molecule has 1 rings (SSSR count). The summed E-state index contributed by atoms with van der Waals surface area (Å²) in [6.45, 7) is 8.94. The molecule has 2 heteroatoms. The third kappa shape index (κ3) is 1.93. The average Bonchev–Trinajstić information content (AvgIpc) is 2.45. The van der Waals surface area contributed by atoms with Crippen LogP contribution >= 0.6 is 0 Å². The van der Waals surface area contributed by atoms with E-state index in [9.17, 15) is 0 Å². The summed E-state index contributed by atoms with van der Waals surface area (Å²) in [5.74, 6) is 1.20. The molecule has 1 aromatic rings. The number of hydrogen-bond acceptors (Lipinski definition) is 1. The molecule has 0 saturated heterocycles. The van der Waals surface area contributed by atoms with Gasteiger partial charge in [0.05, 0.1) is 6.20 Å². The molecule has 0 aliphatic heterocycles. The summed E-state index contributed by atoms with van der Waals surface area (Å²) in [6, 6.07) is 0. The summed E-state index contributed by atoms with van der Waals surface area (Å²) in [5.41, 5.74) is 2.80. The lowest BCUT2D eigenvalue weighted by Crippen LogP contribution is -2.04. The van der Waals surface area contributed by atoms with Crippen molar-refractivity contribution in [3.63, 3.8) is 0 Å². The standard InChI is InChI=1S/C11H20N2/c1-6-9(4)10-7-12-13(5)11(10)8(2)3/h7-9H,6H2,1-5H3. The molecule has 0 fully saturated rings. The van der Waals surface area contributed by atoms with E-state index in [0.29, 0.717) is 11.8 Å². The monoisotopic (exact) mass is 180 g/mol. The Morgan fingerprint density at radius 3 is 2.46 bits per heavy atom. The van der Waals surface area contributed by atoms with Crippen LogP contribution in [0.2, 0.25) is 0 Å². The Kier molecular flexibility index (Phi) is 3.12. The van der Waals surface area contributed by atoms with E-state index in [1.807, 2.05) is 17.9 Å². The molecular formula is C11H20N2. The Morgan fingerprint density at radius 1 is 1.38 bits per heavy atom. The van der Waals surface area contributed by atoms with Crippen LogP contribution in [0, 0.1) is 0 Å². The lowest BCUT2D eigenvalue weighted by molar-refractivity contribution is 0.646. The van der Waals surface area contributed by atoms with Crippen molar-refractivity contribution in [2.75, 3.05) is 0 Å². The Morgan fingerprint density at radius 2 is 2.00 bits per heavy atom. The van der Waals surface area contributed by atoms with Crippen LogP contribution in [0.4, 0.5) is 0 Å². The molecule has 0 spiro atoms. The SMILES string of the molecule is CCC(C)c1cnn(C)c1C(C)C. The van der Waals surface area contributed by atoms with Gasteiger partial charge >= 0.3 is 0 Å². The van der Waals surface area contributed by atoms with E-state index in [-0.39, 0.29) is 0 Å². The molecule has 2 nitrogen and oxygen atoms in total. The lowest BCUT2D eigenvalue weighted by atomic mass is 9.95. The van der Waals surface area contributed by atoms with Crippen LogP contribution in [0.3, 0.4) is 0 Å². The van der Waals surface area contributed by atoms with Crippen LogP contribution in [0.1, 0.15) is 57.2 Å². The van der Waals surface area contributed by atoms with Crippen molar-refractivity contribution < 1.29 is 0 Å². The number of nitrogens with zero attached hydrogens (tertiary/aromatic N) is 2. The highest BCUT2D eigenvalue weighted by molar-refractivity contribution is 5.24. The van der Waals surface area contributed by atoms with Crippen molar-refractivity contribution in [1.82, 2.24) is 9.78 Å². The lowest BCUT2D eigenvalue weighted by Gasteiger charge is -2.13. The van der Waals surface area contributed by atoms with Gasteiger partial charge in [-0.1, -0.05) is 27.7 Å². The minimum atomic E-state index is 0.566. The fourth-order valence-corrected chi connectivity index (χ4v) is 1.77. The molecule has 13 heavy (non-hydrogen) atoms. The second kappa shape index (κ2) is 3.95. The molecule has 1 atom stereocenters. The largest absolute Gasteiger partial charge is 0.272 e. The summed E-state index contributed by atoms with van der Waals surface area (Å²) in [7, 11) is 2.03. The average molecular weight is 180 g/mol. The minimum absolute atomic E-state index is 0.566. The van der Waals surface area contributed by atoms with Crippen LogP contribution in [-0.2, 0) is 7.05 Å². The van der Waals surface area contributed by atoms with Gasteiger partial charge in [0.25, 0.3) is 0 Å². The van der Waals surface area contributed by atoms with E-state index in [4.69, 9.17) is 0 Å². The maximum atomic E-state index is 4.32. The summed E-state index contributed by atoms with van der Waals surface area (Å²) in [5, 5.41) is 4.32. The van der Waals surface area contributed by atoms with Crippen molar-refractivity contribution in [1.29, 1.82) is 0 Å². The summed E-state index contributed by atoms with van der Waals surface area (Å²) in [4.78, 5) is 0. The maximum Gasteiger partial charge on any atom is 0.0527 e. The van der Waals surface area contributed by atoms with E-state index in [1.165, 1.54) is 17.7 Å². The smallest absolute Gasteiger partial charge is 0.0527 e. The fourth-order valence-electron chi connectivity index (χ4n) is 1.77. The molecule has 0 aliphatic rings. The third-order valence-electron chi connectivity index (χ3n) is 2.70. The zero-order valence-electron chi connectivity index (χ0n) is 9.33. The van der Waals surface area contributed by atoms with Crippen LogP contribution in [0.15, 0.2) is 6.20 Å². The van der Waals surface area contributed by atoms with E-state index in [2.05, 4.69) is 32.8 Å². The maximum absolute atomic E-state index is 4.32. The van der Waals surface area contributed by atoms with Gasteiger partial charge in [-0.3, -0.25) is 4.68 Å². The highest BCUT2D eigenvalue weighted by Crippen LogP contribution is 2.27. The first-order valence-corrected chi connectivity index (χ1v) is 5.09. The Labute approximate surface area is 81.0 Å². The van der Waals surface area contributed by atoms with Crippen molar-refractivity contribution in [2.24, 2.45) is 7.05 Å². The van der Waals surface area contributed by atoms with Crippen molar-refractivity contribution >= 4 is 0 Å². The number of aryl methyl sites for hydroxylation is 1. The zero-order valence-corrected chi connectivity index (χ0v) is 9.33. The quantitative estimate of drug-likeness (QED) is 0.699. The van der Waals surface area contributed by atoms with Gasteiger partial charge in [0.2, 0.25) is 0 Å². The first-order chi connectivity index (χ1) is 6.07. The van der Waals surface area contributed by atoms with E-state index >= 15 is 0 Å². The first kappa shape index (κ1) is 10.3. The van der Waals surface area contributed by atoms with Crippen molar-refractivity contribution in [3.05, 3.63) is 17.5 Å². The van der Waals surface area contributed by atoms with E-state index in [1.54, 1.807) is 0 Å². The van der Waals surface area contributed by atoms with E-state index < -0.39 is 0 Å². The van der Waals surface area contributed by atoms with Crippen LogP contribution in [0.5, 0.6) is 0 Å². The van der Waals surface area contributed by atoms with Gasteiger partial charge in [-0.25, -0.2) is 0 Å². The Bertz CT molecular complexity index is 274. The van der Waals surface area contributed by atoms with Gasteiger partial charge in [0, 0.05) is 12.7 Å². The third-order valence-corrected chi connectivity index (χ3v) is 2.70. The van der Waals surface area contributed by atoms with E-state index in [0.717, 1.165) is 0 Å². The van der Waals surface area contributed by atoms with Gasteiger partial charge in [0.15, 0.2) is 0 Å². The Balaban J connectivity index is 3.07. The molecule has 0 radical (unpaired) electrons. The molecule has 1 unspecified atom stereocenters. The zero-order chi connectivity index (χ0) is 10.0. The number of rotatable bonds is 3. The molecule has 0 N–H and O–H groups in total. The van der Waals surface area contributed by atoms with Crippen LogP contribution < -0.4 is 0 Å². The fraction of sp³-hybridized carbons (Fsp3) is 0.727. The number of hydrogen-bond donors (Lipinski definition) is 0. The molecule has 74 valence electrons. The van der Waals surface area contributed by atoms with Gasteiger partial charge in [-0.2, -0.15) is 5.10 Å². The van der Waals surface area contributed by atoms with Crippen molar-refractivity contribution in [2.45, 2.75) is 46.0 Å². The highest BCUT2D eigenvalue weighted by atomic mass is 15.3. The van der Waals surface area contributed by atoms with Crippen LogP contribution in [0.25, 0.3) is 0 Å². The highest BCUT2D eigenvalue weighted by Gasteiger charge is 2.15. The van der Waals surface area contributed by atoms with Gasteiger partial charge in [0.1, 0.15) is 0 Å². The molecule has 0 amide bonds. The number of aromatic nitrogens is 2. The summed E-state index contributed by atoms with van der Waals surface area (Å²) in [6.07, 6.45) is 3.20. The minimum Gasteiger partial charge on any atom is -0.272 e. The molecule has 0 saturated carbocycles. The topological polar surface area (TPSA) is 17.8 Å². The Hall–Kier alpha value is -0.790. The first-order valence-electron chi connectivity index (χ1n) is 5.09. The van der Waals surface area contributed by atoms with Crippen molar-refractivity contribution in [3.8, 4) is 0 Å². The molecule has 0 aliphatic carbocycles. The summed E-state index contributed by atoms with van der Waals surface area (Å²) >= 11 is 0. The van der Waals surface area contributed by atoms with Crippen LogP contribution in [-0.4, -0.2) is 9.78 Å². The van der Waals surface area contributed by atoms with Gasteiger partial charge in [-0.05, 0) is 23.8 Å². The predicted molar refractivity (Wildman–Crippen MR) is 56.0 cm³/mol. The molecule has 0 aromatic carbocycles. The predicted octanol–water partition coefficient (Wildman–Crippen LogP) is 3.06. The molecule has 0 bridgehead atoms. The second-order valence-electron chi connectivity index (χ2n) is 4.07. The van der Waals surface area contributed by atoms with Gasteiger partial charge < -0.3 is 0 Å². The molecule has 1 heterocycles. The van der Waals surface area contributed by atoms with Gasteiger partial charge in [-0.15, -0.1) is 0 Å².